The maximum atomic E-state index is 12.1. The van der Waals surface area contributed by atoms with Crippen LogP contribution < -0.4 is 21.9 Å². The quantitative estimate of drug-likeness (QED) is 0.698. The number of nitrogen functional groups attached to an aromatic ring is 1. The van der Waals surface area contributed by atoms with Gasteiger partial charge in [-0.15, -0.1) is 0 Å². The standard InChI is InChI=1S/C13H22N4O3/c1-2-16-11(14)10(12(19)15-13(16)20)17-7-3-5-9(17)6-4-8-18/h9,18H,2-8,14H2,1H3,(H,15,19,20). The summed E-state index contributed by atoms with van der Waals surface area (Å²) < 4.78 is 1.37. The molecule has 0 aromatic carbocycles. The summed E-state index contributed by atoms with van der Waals surface area (Å²) >= 11 is 0. The van der Waals surface area contributed by atoms with Crippen molar-refractivity contribution in [1.29, 1.82) is 0 Å². The number of aromatic amines is 1. The van der Waals surface area contributed by atoms with Crippen molar-refractivity contribution >= 4 is 11.5 Å². The first-order chi connectivity index (χ1) is 9.60. The lowest BCUT2D eigenvalue weighted by Crippen LogP contribution is -2.40. The zero-order chi connectivity index (χ0) is 14.7. The molecule has 0 radical (unpaired) electrons. The lowest BCUT2D eigenvalue weighted by atomic mass is 10.1. The number of aromatic nitrogens is 2. The van der Waals surface area contributed by atoms with E-state index in [9.17, 15) is 9.59 Å². The number of nitrogens with two attached hydrogens (primary N) is 1. The molecule has 1 unspecified atom stereocenters. The van der Waals surface area contributed by atoms with Crippen LogP contribution in [0.4, 0.5) is 11.5 Å². The van der Waals surface area contributed by atoms with Crippen LogP contribution >= 0.6 is 0 Å². The number of nitrogens with zero attached hydrogens (tertiary/aromatic N) is 2. The lowest BCUT2D eigenvalue weighted by molar-refractivity contribution is 0.279. The maximum absolute atomic E-state index is 12.1. The summed E-state index contributed by atoms with van der Waals surface area (Å²) in [6, 6.07) is 0.202. The van der Waals surface area contributed by atoms with Crippen molar-refractivity contribution in [3.05, 3.63) is 20.8 Å². The van der Waals surface area contributed by atoms with E-state index >= 15 is 0 Å². The SMILES string of the molecule is CCn1c(N)c(N2CCCC2CCCO)c(=O)[nH]c1=O. The van der Waals surface area contributed by atoms with Crippen LogP contribution in [0.2, 0.25) is 0 Å². The van der Waals surface area contributed by atoms with Crippen LogP contribution in [0.5, 0.6) is 0 Å². The van der Waals surface area contributed by atoms with E-state index in [4.69, 9.17) is 10.8 Å². The summed E-state index contributed by atoms with van der Waals surface area (Å²) in [4.78, 5) is 28.1. The van der Waals surface area contributed by atoms with E-state index in [2.05, 4.69) is 4.98 Å². The molecule has 2 rings (SSSR count). The molecule has 1 fully saturated rings. The Kier molecular flexibility index (Phi) is 4.49. The number of nitrogens with one attached hydrogen (secondary N) is 1. The lowest BCUT2D eigenvalue weighted by Gasteiger charge is -2.27. The van der Waals surface area contributed by atoms with Gasteiger partial charge in [0.05, 0.1) is 0 Å². The Balaban J connectivity index is 2.41. The molecule has 1 aromatic rings. The molecule has 0 amide bonds. The third-order valence-electron chi connectivity index (χ3n) is 3.89. The van der Waals surface area contributed by atoms with Crippen LogP contribution in [-0.2, 0) is 6.54 Å². The van der Waals surface area contributed by atoms with Gasteiger partial charge in [-0.2, -0.15) is 0 Å². The first-order valence-electron chi connectivity index (χ1n) is 7.10. The zero-order valence-electron chi connectivity index (χ0n) is 11.8. The number of H-pyrrole nitrogens is 1. The van der Waals surface area contributed by atoms with E-state index in [0.717, 1.165) is 25.8 Å². The summed E-state index contributed by atoms with van der Waals surface area (Å²) in [6.45, 7) is 3.13. The smallest absolute Gasteiger partial charge is 0.330 e. The van der Waals surface area contributed by atoms with Gasteiger partial charge in [-0.1, -0.05) is 0 Å². The molecule has 1 aromatic heterocycles. The molecule has 1 atom stereocenters. The second-order valence-electron chi connectivity index (χ2n) is 5.09. The van der Waals surface area contributed by atoms with Crippen LogP contribution in [0.25, 0.3) is 0 Å². The molecule has 0 saturated carbocycles. The van der Waals surface area contributed by atoms with Gasteiger partial charge >= 0.3 is 5.69 Å². The van der Waals surface area contributed by atoms with Crippen molar-refractivity contribution in [3.8, 4) is 0 Å². The van der Waals surface area contributed by atoms with Gasteiger partial charge in [0.1, 0.15) is 11.5 Å². The van der Waals surface area contributed by atoms with Crippen molar-refractivity contribution in [1.82, 2.24) is 9.55 Å². The zero-order valence-corrected chi connectivity index (χ0v) is 11.8. The minimum Gasteiger partial charge on any atom is -0.396 e. The summed E-state index contributed by atoms with van der Waals surface area (Å²) in [5.41, 5.74) is 5.52. The Bertz CT molecular complexity index is 578. The highest BCUT2D eigenvalue weighted by Crippen LogP contribution is 2.28. The average Bonchev–Trinajstić information content (AvgIpc) is 2.84. The van der Waals surface area contributed by atoms with E-state index in [1.807, 2.05) is 11.8 Å². The van der Waals surface area contributed by atoms with Crippen molar-refractivity contribution in [2.45, 2.75) is 45.2 Å². The maximum Gasteiger partial charge on any atom is 0.330 e. The summed E-state index contributed by atoms with van der Waals surface area (Å²) in [7, 11) is 0. The predicted octanol–water partition coefficient (Wildman–Crippen LogP) is -0.120. The highest BCUT2D eigenvalue weighted by atomic mass is 16.3. The third kappa shape index (κ3) is 2.58. The van der Waals surface area contributed by atoms with Crippen LogP contribution in [0, 0.1) is 0 Å². The van der Waals surface area contributed by atoms with E-state index < -0.39 is 11.2 Å². The number of rotatable bonds is 5. The molecule has 20 heavy (non-hydrogen) atoms. The number of aliphatic hydroxyl groups is 1. The number of hydrogen-bond acceptors (Lipinski definition) is 5. The van der Waals surface area contributed by atoms with Crippen LogP contribution in [0.3, 0.4) is 0 Å². The molecule has 112 valence electrons. The van der Waals surface area contributed by atoms with Gasteiger partial charge in [0.25, 0.3) is 5.56 Å². The average molecular weight is 282 g/mol. The molecule has 2 heterocycles. The Morgan fingerprint density at radius 2 is 2.20 bits per heavy atom. The Labute approximate surface area is 117 Å². The van der Waals surface area contributed by atoms with Crippen molar-refractivity contribution < 1.29 is 5.11 Å². The van der Waals surface area contributed by atoms with Gasteiger partial charge in [-0.3, -0.25) is 14.3 Å². The van der Waals surface area contributed by atoms with Crippen molar-refractivity contribution in [2.24, 2.45) is 0 Å². The number of hydrogen-bond donors (Lipinski definition) is 3. The van der Waals surface area contributed by atoms with E-state index in [1.165, 1.54) is 4.57 Å². The van der Waals surface area contributed by atoms with Gasteiger partial charge in [0.2, 0.25) is 0 Å². The van der Waals surface area contributed by atoms with Gasteiger partial charge in [-0.05, 0) is 32.6 Å². The summed E-state index contributed by atoms with van der Waals surface area (Å²) in [5, 5.41) is 8.95. The fourth-order valence-electron chi connectivity index (χ4n) is 2.93. The third-order valence-corrected chi connectivity index (χ3v) is 3.89. The Morgan fingerprint density at radius 1 is 1.45 bits per heavy atom. The van der Waals surface area contributed by atoms with E-state index in [0.29, 0.717) is 18.7 Å². The van der Waals surface area contributed by atoms with Crippen LogP contribution in [0.1, 0.15) is 32.6 Å². The molecule has 1 aliphatic heterocycles. The normalized spacial score (nSPS) is 18.7. The highest BCUT2D eigenvalue weighted by Gasteiger charge is 2.28. The van der Waals surface area contributed by atoms with Gasteiger partial charge in [0.15, 0.2) is 0 Å². The molecule has 7 nitrogen and oxygen atoms in total. The van der Waals surface area contributed by atoms with E-state index in [-0.39, 0.29) is 18.5 Å². The van der Waals surface area contributed by atoms with E-state index in [1.54, 1.807) is 0 Å². The van der Waals surface area contributed by atoms with Crippen molar-refractivity contribution in [3.63, 3.8) is 0 Å². The number of anilines is 2. The second-order valence-corrected chi connectivity index (χ2v) is 5.09. The minimum atomic E-state index is -0.468. The van der Waals surface area contributed by atoms with Gasteiger partial charge in [0, 0.05) is 25.7 Å². The summed E-state index contributed by atoms with van der Waals surface area (Å²) in [6.07, 6.45) is 3.48. The molecule has 1 saturated heterocycles. The first kappa shape index (κ1) is 14.6. The fraction of sp³-hybridized carbons (Fsp3) is 0.692. The monoisotopic (exact) mass is 282 g/mol. The Hall–Kier alpha value is -1.76. The predicted molar refractivity (Wildman–Crippen MR) is 78.1 cm³/mol. The molecule has 7 heteroatoms. The van der Waals surface area contributed by atoms with Crippen LogP contribution in [0.15, 0.2) is 9.59 Å². The largest absolute Gasteiger partial charge is 0.396 e. The Morgan fingerprint density at radius 3 is 2.85 bits per heavy atom. The molecule has 0 bridgehead atoms. The topological polar surface area (TPSA) is 104 Å². The number of aliphatic hydroxyl groups excluding tert-OH is 1. The molecule has 0 spiro atoms. The van der Waals surface area contributed by atoms with Crippen molar-refractivity contribution in [2.75, 3.05) is 23.8 Å². The molecular weight excluding hydrogens is 260 g/mol. The second kappa shape index (κ2) is 6.13. The minimum absolute atomic E-state index is 0.143. The fourth-order valence-corrected chi connectivity index (χ4v) is 2.93. The molecule has 0 aliphatic carbocycles. The van der Waals surface area contributed by atoms with Gasteiger partial charge < -0.3 is 15.7 Å². The van der Waals surface area contributed by atoms with Gasteiger partial charge in [-0.25, -0.2) is 4.79 Å². The first-order valence-corrected chi connectivity index (χ1v) is 7.10. The van der Waals surface area contributed by atoms with Crippen LogP contribution in [-0.4, -0.2) is 33.9 Å². The highest BCUT2D eigenvalue weighted by molar-refractivity contribution is 5.63. The molecule has 4 N–H and O–H groups in total. The summed E-state index contributed by atoms with van der Waals surface area (Å²) in [5.74, 6) is 0.233. The molecular formula is C13H22N4O3. The molecule has 1 aliphatic rings.